The summed E-state index contributed by atoms with van der Waals surface area (Å²) in [6.07, 6.45) is -0.158. The lowest BCUT2D eigenvalue weighted by Crippen LogP contribution is -2.02. The highest BCUT2D eigenvalue weighted by Crippen LogP contribution is 2.24. The molecule has 2 N–H and O–H groups in total. The van der Waals surface area contributed by atoms with Crippen LogP contribution >= 0.6 is 11.6 Å². The standard InChI is InChI=1S/C7H10ClN3O2/c1-9-7-6(8)4(3-5(12)13)10-11(7)2/h9H,3H2,1-2H3,(H,12,13). The van der Waals surface area contributed by atoms with Crippen molar-refractivity contribution in [3.63, 3.8) is 0 Å². The fraction of sp³-hybridized carbons (Fsp3) is 0.429. The molecule has 0 fully saturated rings. The van der Waals surface area contributed by atoms with E-state index in [4.69, 9.17) is 16.7 Å². The number of carbonyl (C=O) groups is 1. The van der Waals surface area contributed by atoms with E-state index in [0.29, 0.717) is 16.5 Å². The summed E-state index contributed by atoms with van der Waals surface area (Å²) >= 11 is 5.86. The topological polar surface area (TPSA) is 67.2 Å². The molecule has 0 saturated carbocycles. The van der Waals surface area contributed by atoms with Crippen LogP contribution in [0.5, 0.6) is 0 Å². The molecule has 0 aliphatic carbocycles. The number of hydrogen-bond donors (Lipinski definition) is 2. The molecule has 1 aromatic heterocycles. The lowest BCUT2D eigenvalue weighted by Gasteiger charge is -1.98. The van der Waals surface area contributed by atoms with Crippen LogP contribution in [0, 0.1) is 0 Å². The summed E-state index contributed by atoms with van der Waals surface area (Å²) in [7, 11) is 3.40. The van der Waals surface area contributed by atoms with Crippen LogP contribution in [0.15, 0.2) is 0 Å². The van der Waals surface area contributed by atoms with Crippen molar-refractivity contribution in [1.29, 1.82) is 0 Å². The van der Waals surface area contributed by atoms with Crippen molar-refractivity contribution in [1.82, 2.24) is 9.78 Å². The highest BCUT2D eigenvalue weighted by Gasteiger charge is 2.15. The van der Waals surface area contributed by atoms with Gasteiger partial charge in [-0.3, -0.25) is 9.48 Å². The third kappa shape index (κ3) is 1.92. The number of anilines is 1. The Morgan fingerprint density at radius 2 is 2.38 bits per heavy atom. The van der Waals surface area contributed by atoms with E-state index >= 15 is 0 Å². The van der Waals surface area contributed by atoms with Crippen molar-refractivity contribution in [2.24, 2.45) is 7.05 Å². The Morgan fingerprint density at radius 1 is 1.77 bits per heavy atom. The van der Waals surface area contributed by atoms with Gasteiger partial charge >= 0.3 is 5.97 Å². The zero-order chi connectivity index (χ0) is 10.0. The zero-order valence-electron chi connectivity index (χ0n) is 7.33. The number of hydrogen-bond acceptors (Lipinski definition) is 3. The summed E-state index contributed by atoms with van der Waals surface area (Å²) in [6, 6.07) is 0. The molecule has 72 valence electrons. The Morgan fingerprint density at radius 3 is 2.77 bits per heavy atom. The molecule has 0 atom stereocenters. The summed E-state index contributed by atoms with van der Waals surface area (Å²) in [6.45, 7) is 0. The molecule has 13 heavy (non-hydrogen) atoms. The van der Waals surface area contributed by atoms with Gasteiger partial charge in [-0.1, -0.05) is 11.6 Å². The summed E-state index contributed by atoms with van der Waals surface area (Å²) in [5.41, 5.74) is 0.376. The van der Waals surface area contributed by atoms with E-state index in [-0.39, 0.29) is 6.42 Å². The summed E-state index contributed by atoms with van der Waals surface area (Å²) in [4.78, 5) is 10.4. The molecule has 1 aromatic rings. The fourth-order valence-electron chi connectivity index (χ4n) is 1.08. The minimum atomic E-state index is -0.942. The van der Waals surface area contributed by atoms with Crippen LogP contribution in [-0.2, 0) is 18.3 Å². The average molecular weight is 204 g/mol. The Labute approximate surface area is 80.3 Å². The first-order chi connectivity index (χ1) is 6.06. The minimum Gasteiger partial charge on any atom is -0.481 e. The van der Waals surface area contributed by atoms with Crippen molar-refractivity contribution in [3.8, 4) is 0 Å². The molecule has 0 saturated heterocycles. The molecule has 0 spiro atoms. The minimum absolute atomic E-state index is 0.158. The molecule has 0 radical (unpaired) electrons. The van der Waals surface area contributed by atoms with Crippen LogP contribution in [-0.4, -0.2) is 27.9 Å². The third-order valence-electron chi connectivity index (χ3n) is 1.61. The summed E-state index contributed by atoms with van der Waals surface area (Å²) in [5, 5.41) is 15.7. The lowest BCUT2D eigenvalue weighted by atomic mass is 10.3. The Kier molecular flexibility index (Phi) is 2.77. The first-order valence-corrected chi connectivity index (χ1v) is 4.05. The van der Waals surface area contributed by atoms with E-state index in [2.05, 4.69) is 10.4 Å². The van der Waals surface area contributed by atoms with E-state index in [0.717, 1.165) is 0 Å². The number of rotatable bonds is 3. The maximum atomic E-state index is 10.4. The smallest absolute Gasteiger partial charge is 0.309 e. The molecule has 0 bridgehead atoms. The van der Waals surface area contributed by atoms with Crippen LogP contribution in [0.2, 0.25) is 5.02 Å². The number of nitrogens with zero attached hydrogens (tertiary/aromatic N) is 2. The number of carboxylic acid groups (broad SMARTS) is 1. The van der Waals surface area contributed by atoms with Gasteiger partial charge < -0.3 is 10.4 Å². The van der Waals surface area contributed by atoms with Crippen molar-refractivity contribution < 1.29 is 9.90 Å². The van der Waals surface area contributed by atoms with Gasteiger partial charge in [-0.05, 0) is 0 Å². The van der Waals surface area contributed by atoms with Crippen molar-refractivity contribution in [2.75, 3.05) is 12.4 Å². The predicted molar refractivity (Wildman–Crippen MR) is 49.1 cm³/mol. The summed E-state index contributed by atoms with van der Waals surface area (Å²) in [5.74, 6) is -0.319. The number of aryl methyl sites for hydroxylation is 1. The largest absolute Gasteiger partial charge is 0.481 e. The van der Waals surface area contributed by atoms with Crippen LogP contribution < -0.4 is 5.32 Å². The second kappa shape index (κ2) is 3.66. The first kappa shape index (κ1) is 9.85. The molecule has 0 amide bonds. The molecular weight excluding hydrogens is 194 g/mol. The summed E-state index contributed by atoms with van der Waals surface area (Å²) < 4.78 is 1.51. The van der Waals surface area contributed by atoms with Gasteiger partial charge in [-0.2, -0.15) is 5.10 Å². The van der Waals surface area contributed by atoms with Gasteiger partial charge in [0.15, 0.2) is 0 Å². The van der Waals surface area contributed by atoms with Crippen molar-refractivity contribution >= 4 is 23.4 Å². The molecule has 1 heterocycles. The second-order valence-corrected chi connectivity index (χ2v) is 2.93. The van der Waals surface area contributed by atoms with Gasteiger partial charge in [0.1, 0.15) is 10.8 Å². The normalized spacial score (nSPS) is 10.1. The number of carboxylic acids is 1. The van der Waals surface area contributed by atoms with Crippen LogP contribution in [0.4, 0.5) is 5.82 Å². The Bertz CT molecular complexity index is 335. The molecule has 0 aliphatic heterocycles. The van der Waals surface area contributed by atoms with E-state index in [1.807, 2.05) is 0 Å². The van der Waals surface area contributed by atoms with Crippen LogP contribution in [0.3, 0.4) is 0 Å². The average Bonchev–Trinajstić information content (AvgIpc) is 2.26. The van der Waals surface area contributed by atoms with Gasteiger partial charge in [0.05, 0.1) is 12.1 Å². The van der Waals surface area contributed by atoms with E-state index in [1.54, 1.807) is 14.1 Å². The van der Waals surface area contributed by atoms with E-state index in [1.165, 1.54) is 4.68 Å². The maximum absolute atomic E-state index is 10.4. The number of nitrogens with one attached hydrogen (secondary N) is 1. The Hall–Kier alpha value is -1.23. The molecule has 5 nitrogen and oxygen atoms in total. The second-order valence-electron chi connectivity index (χ2n) is 2.55. The van der Waals surface area contributed by atoms with Crippen molar-refractivity contribution in [3.05, 3.63) is 10.7 Å². The monoisotopic (exact) mass is 203 g/mol. The molecule has 6 heteroatoms. The van der Waals surface area contributed by atoms with Gasteiger partial charge in [0, 0.05) is 14.1 Å². The van der Waals surface area contributed by atoms with E-state index < -0.39 is 5.97 Å². The number of halogens is 1. The zero-order valence-corrected chi connectivity index (χ0v) is 8.09. The maximum Gasteiger partial charge on any atom is 0.309 e. The molecular formula is C7H10ClN3O2. The number of aliphatic carboxylic acids is 1. The highest BCUT2D eigenvalue weighted by atomic mass is 35.5. The molecule has 0 aliphatic rings. The third-order valence-corrected chi connectivity index (χ3v) is 2.01. The quantitative estimate of drug-likeness (QED) is 0.761. The predicted octanol–water partition coefficient (Wildman–Crippen LogP) is 0.742. The fourth-order valence-corrected chi connectivity index (χ4v) is 1.40. The highest BCUT2D eigenvalue weighted by molar-refractivity contribution is 6.33. The SMILES string of the molecule is CNc1c(Cl)c(CC(=O)O)nn1C. The van der Waals surface area contributed by atoms with Gasteiger partial charge in [0.25, 0.3) is 0 Å². The first-order valence-electron chi connectivity index (χ1n) is 3.67. The van der Waals surface area contributed by atoms with Gasteiger partial charge in [-0.15, -0.1) is 0 Å². The van der Waals surface area contributed by atoms with Crippen LogP contribution in [0.1, 0.15) is 5.69 Å². The van der Waals surface area contributed by atoms with E-state index in [9.17, 15) is 4.79 Å². The number of aromatic nitrogens is 2. The Balaban J connectivity index is 3.03. The lowest BCUT2D eigenvalue weighted by molar-refractivity contribution is -0.136. The molecule has 1 rings (SSSR count). The van der Waals surface area contributed by atoms with Crippen molar-refractivity contribution in [2.45, 2.75) is 6.42 Å². The van der Waals surface area contributed by atoms with Gasteiger partial charge in [0.2, 0.25) is 0 Å². The van der Waals surface area contributed by atoms with Gasteiger partial charge in [-0.25, -0.2) is 0 Å². The molecule has 0 unspecified atom stereocenters. The van der Waals surface area contributed by atoms with Crippen LogP contribution in [0.25, 0.3) is 0 Å². The molecule has 0 aromatic carbocycles.